The predicted octanol–water partition coefficient (Wildman–Crippen LogP) is 0.394. The number of esters is 1. The Morgan fingerprint density at radius 1 is 1.30 bits per heavy atom. The van der Waals surface area contributed by atoms with E-state index in [0.29, 0.717) is 39.0 Å². The molecule has 1 amide bonds. The smallest absolute Gasteiger partial charge is 0.316 e. The average molecular weight is 283 g/mol. The Bertz CT molecular complexity index is 389. The molecule has 6 heteroatoms. The number of carbonyl (C=O) groups is 3. The van der Waals surface area contributed by atoms with Gasteiger partial charge in [-0.2, -0.15) is 0 Å². The van der Waals surface area contributed by atoms with Gasteiger partial charge in [-0.3, -0.25) is 14.4 Å². The molecule has 0 aromatic heterocycles. The van der Waals surface area contributed by atoms with Crippen molar-refractivity contribution in [3.05, 3.63) is 0 Å². The molecular weight excluding hydrogens is 262 g/mol. The van der Waals surface area contributed by atoms with Crippen molar-refractivity contribution in [3.8, 4) is 0 Å². The third-order valence-electron chi connectivity index (χ3n) is 3.88. The minimum Gasteiger partial charge on any atom is -0.465 e. The van der Waals surface area contributed by atoms with Crippen LogP contribution in [0.5, 0.6) is 0 Å². The molecule has 0 bridgehead atoms. The second-order valence-corrected chi connectivity index (χ2v) is 5.21. The van der Waals surface area contributed by atoms with E-state index in [4.69, 9.17) is 9.47 Å². The zero-order valence-corrected chi connectivity index (χ0v) is 11.8. The summed E-state index contributed by atoms with van der Waals surface area (Å²) in [4.78, 5) is 37.5. The van der Waals surface area contributed by atoms with E-state index >= 15 is 0 Å². The summed E-state index contributed by atoms with van der Waals surface area (Å²) in [5.41, 5.74) is 0. The van der Waals surface area contributed by atoms with E-state index in [9.17, 15) is 14.4 Å². The molecule has 112 valence electrons. The Kier molecular flexibility index (Phi) is 5.11. The largest absolute Gasteiger partial charge is 0.465 e. The molecule has 0 aliphatic carbocycles. The predicted molar refractivity (Wildman–Crippen MR) is 69.9 cm³/mol. The minimum absolute atomic E-state index is 0.0176. The molecule has 2 aliphatic heterocycles. The van der Waals surface area contributed by atoms with Crippen LogP contribution in [0.15, 0.2) is 0 Å². The molecule has 2 heterocycles. The molecule has 20 heavy (non-hydrogen) atoms. The summed E-state index contributed by atoms with van der Waals surface area (Å²) < 4.78 is 10.1. The number of likely N-dealkylation sites (tertiary alicyclic amines) is 1. The van der Waals surface area contributed by atoms with Crippen LogP contribution >= 0.6 is 0 Å². The molecule has 2 saturated heterocycles. The third-order valence-corrected chi connectivity index (χ3v) is 3.88. The van der Waals surface area contributed by atoms with E-state index in [-0.39, 0.29) is 30.8 Å². The van der Waals surface area contributed by atoms with Crippen molar-refractivity contribution in [2.45, 2.75) is 26.2 Å². The number of nitrogens with zero attached hydrogens (tertiary/aromatic N) is 1. The number of ether oxygens (including phenoxy) is 2. The van der Waals surface area contributed by atoms with Crippen LogP contribution in [0.2, 0.25) is 0 Å². The lowest BCUT2D eigenvalue weighted by Crippen LogP contribution is -2.49. The summed E-state index contributed by atoms with van der Waals surface area (Å²) >= 11 is 0. The van der Waals surface area contributed by atoms with E-state index in [1.54, 1.807) is 11.8 Å². The lowest BCUT2D eigenvalue weighted by Gasteiger charge is -2.33. The summed E-state index contributed by atoms with van der Waals surface area (Å²) in [7, 11) is 0. The SMILES string of the molecule is CCOC(=O)C1CCN(C(=O)C2CCOCC2)CC1=O. The molecule has 1 unspecified atom stereocenters. The monoisotopic (exact) mass is 283 g/mol. The average Bonchev–Trinajstić information content (AvgIpc) is 2.47. The first-order chi connectivity index (χ1) is 9.63. The summed E-state index contributed by atoms with van der Waals surface area (Å²) in [5.74, 6) is -1.40. The van der Waals surface area contributed by atoms with Crippen LogP contribution in [0.25, 0.3) is 0 Å². The molecule has 0 radical (unpaired) electrons. The van der Waals surface area contributed by atoms with Gasteiger partial charge in [-0.05, 0) is 26.2 Å². The van der Waals surface area contributed by atoms with E-state index in [1.807, 2.05) is 0 Å². The van der Waals surface area contributed by atoms with Crippen LogP contribution in [0, 0.1) is 11.8 Å². The molecule has 0 N–H and O–H groups in total. The number of amides is 1. The van der Waals surface area contributed by atoms with Crippen LogP contribution in [-0.2, 0) is 23.9 Å². The normalized spacial score (nSPS) is 24.6. The van der Waals surface area contributed by atoms with Crippen molar-refractivity contribution in [2.75, 3.05) is 32.9 Å². The molecule has 0 aromatic rings. The number of hydrogen-bond donors (Lipinski definition) is 0. The maximum atomic E-state index is 12.3. The highest BCUT2D eigenvalue weighted by molar-refractivity contribution is 6.02. The molecule has 0 saturated carbocycles. The Balaban J connectivity index is 1.89. The first-order valence-electron chi connectivity index (χ1n) is 7.19. The molecule has 0 aromatic carbocycles. The summed E-state index contributed by atoms with van der Waals surface area (Å²) in [6.07, 6.45) is 1.79. The lowest BCUT2D eigenvalue weighted by atomic mass is 9.92. The number of hydrogen-bond acceptors (Lipinski definition) is 5. The molecule has 6 nitrogen and oxygen atoms in total. The number of carbonyl (C=O) groups excluding carboxylic acids is 3. The van der Waals surface area contributed by atoms with Gasteiger partial charge in [0.2, 0.25) is 5.91 Å². The van der Waals surface area contributed by atoms with E-state index in [2.05, 4.69) is 0 Å². The van der Waals surface area contributed by atoms with Crippen LogP contribution in [0.1, 0.15) is 26.2 Å². The van der Waals surface area contributed by atoms with Crippen LogP contribution < -0.4 is 0 Å². The molecular formula is C14H21NO5. The fourth-order valence-corrected chi connectivity index (χ4v) is 2.71. The van der Waals surface area contributed by atoms with E-state index < -0.39 is 11.9 Å². The third kappa shape index (κ3) is 3.36. The summed E-state index contributed by atoms with van der Waals surface area (Å²) in [6.45, 7) is 3.66. The quantitative estimate of drug-likeness (QED) is 0.553. The van der Waals surface area contributed by atoms with Crippen molar-refractivity contribution >= 4 is 17.7 Å². The molecule has 1 atom stereocenters. The molecule has 2 rings (SSSR count). The van der Waals surface area contributed by atoms with Gasteiger partial charge in [0.25, 0.3) is 0 Å². The van der Waals surface area contributed by atoms with Gasteiger partial charge >= 0.3 is 5.97 Å². The minimum atomic E-state index is -0.700. The van der Waals surface area contributed by atoms with Crippen molar-refractivity contribution in [2.24, 2.45) is 11.8 Å². The molecule has 2 aliphatic rings. The summed E-state index contributed by atoms with van der Waals surface area (Å²) in [6, 6.07) is 0. The Labute approximate surface area is 118 Å². The lowest BCUT2D eigenvalue weighted by molar-refractivity contribution is -0.157. The fourth-order valence-electron chi connectivity index (χ4n) is 2.71. The van der Waals surface area contributed by atoms with Crippen LogP contribution in [-0.4, -0.2) is 55.5 Å². The van der Waals surface area contributed by atoms with Crippen molar-refractivity contribution in [1.29, 1.82) is 0 Å². The zero-order valence-electron chi connectivity index (χ0n) is 11.8. The highest BCUT2D eigenvalue weighted by Gasteiger charge is 2.37. The standard InChI is InChI=1S/C14H21NO5/c1-2-20-14(18)11-3-6-15(9-12(11)16)13(17)10-4-7-19-8-5-10/h10-11H,2-9H2,1H3. The van der Waals surface area contributed by atoms with Crippen molar-refractivity contribution in [3.63, 3.8) is 0 Å². The highest BCUT2D eigenvalue weighted by atomic mass is 16.5. The Hall–Kier alpha value is -1.43. The summed E-state index contributed by atoms with van der Waals surface area (Å²) in [5, 5.41) is 0. The van der Waals surface area contributed by atoms with E-state index in [0.717, 1.165) is 0 Å². The Morgan fingerprint density at radius 2 is 2.00 bits per heavy atom. The van der Waals surface area contributed by atoms with Gasteiger partial charge in [-0.15, -0.1) is 0 Å². The fraction of sp³-hybridized carbons (Fsp3) is 0.786. The number of ketones is 1. The number of rotatable bonds is 3. The second-order valence-electron chi connectivity index (χ2n) is 5.21. The molecule has 0 spiro atoms. The molecule has 2 fully saturated rings. The number of Topliss-reactive ketones (excluding diaryl/α,β-unsaturated/α-hetero) is 1. The first kappa shape index (κ1) is 15.0. The Morgan fingerprint density at radius 3 is 2.60 bits per heavy atom. The van der Waals surface area contributed by atoms with Gasteiger partial charge in [0.1, 0.15) is 5.92 Å². The topological polar surface area (TPSA) is 72.9 Å². The first-order valence-corrected chi connectivity index (χ1v) is 7.19. The maximum absolute atomic E-state index is 12.3. The number of piperidine rings is 1. The van der Waals surface area contributed by atoms with Crippen LogP contribution in [0.4, 0.5) is 0 Å². The van der Waals surface area contributed by atoms with Crippen molar-refractivity contribution < 1.29 is 23.9 Å². The van der Waals surface area contributed by atoms with Crippen molar-refractivity contribution in [1.82, 2.24) is 4.90 Å². The highest BCUT2D eigenvalue weighted by Crippen LogP contribution is 2.22. The van der Waals surface area contributed by atoms with Gasteiger partial charge in [0.05, 0.1) is 13.2 Å². The van der Waals surface area contributed by atoms with Gasteiger partial charge < -0.3 is 14.4 Å². The van der Waals surface area contributed by atoms with Gasteiger partial charge in [0, 0.05) is 25.7 Å². The van der Waals surface area contributed by atoms with Crippen LogP contribution in [0.3, 0.4) is 0 Å². The van der Waals surface area contributed by atoms with Gasteiger partial charge in [-0.25, -0.2) is 0 Å². The van der Waals surface area contributed by atoms with E-state index in [1.165, 1.54) is 0 Å². The second kappa shape index (κ2) is 6.83. The van der Waals surface area contributed by atoms with Gasteiger partial charge in [-0.1, -0.05) is 0 Å². The van der Waals surface area contributed by atoms with Gasteiger partial charge in [0.15, 0.2) is 5.78 Å². The maximum Gasteiger partial charge on any atom is 0.316 e. The zero-order chi connectivity index (χ0) is 14.5.